The summed E-state index contributed by atoms with van der Waals surface area (Å²) in [6.07, 6.45) is 0. The second-order valence-corrected chi connectivity index (χ2v) is 8.09. The number of halogens is 2. The quantitative estimate of drug-likeness (QED) is 0.583. The first kappa shape index (κ1) is 20.4. The normalized spacial score (nSPS) is 19.1. The minimum atomic E-state index is -1.36. The SMILES string of the molecule is Cc1cc(C)c(C(=O)CN2C(=O)N[C@](C)(c3ccc(Cl)cc3Cl)C2=O)cc1C. The number of urea groups is 1. The zero-order valence-electron chi connectivity index (χ0n) is 16.0. The number of nitrogens with zero attached hydrogens (tertiary/aromatic N) is 1. The lowest BCUT2D eigenvalue weighted by atomic mass is 9.91. The van der Waals surface area contributed by atoms with Gasteiger partial charge in [0.25, 0.3) is 5.91 Å². The molecule has 0 bridgehead atoms. The van der Waals surface area contributed by atoms with Crippen molar-refractivity contribution >= 4 is 40.9 Å². The van der Waals surface area contributed by atoms with Crippen LogP contribution in [0, 0.1) is 20.8 Å². The number of carbonyl (C=O) groups excluding carboxylic acids is 3. The summed E-state index contributed by atoms with van der Waals surface area (Å²) in [7, 11) is 0. The lowest BCUT2D eigenvalue weighted by Crippen LogP contribution is -2.41. The molecule has 1 fully saturated rings. The van der Waals surface area contributed by atoms with Crippen molar-refractivity contribution in [2.45, 2.75) is 33.2 Å². The molecule has 3 rings (SSSR count). The van der Waals surface area contributed by atoms with E-state index < -0.39 is 17.5 Å². The molecule has 1 N–H and O–H groups in total. The molecule has 0 saturated carbocycles. The molecular weight excluding hydrogens is 399 g/mol. The number of hydrogen-bond acceptors (Lipinski definition) is 3. The second-order valence-electron chi connectivity index (χ2n) is 7.25. The van der Waals surface area contributed by atoms with E-state index in [2.05, 4.69) is 5.32 Å². The van der Waals surface area contributed by atoms with E-state index in [9.17, 15) is 14.4 Å². The topological polar surface area (TPSA) is 66.5 Å². The van der Waals surface area contributed by atoms with E-state index in [4.69, 9.17) is 23.2 Å². The highest BCUT2D eigenvalue weighted by Crippen LogP contribution is 2.35. The molecule has 7 heteroatoms. The Labute approximate surface area is 173 Å². The highest BCUT2D eigenvalue weighted by atomic mass is 35.5. The molecule has 1 aliphatic rings. The summed E-state index contributed by atoms with van der Waals surface area (Å²) in [5.41, 5.74) is 2.43. The van der Waals surface area contributed by atoms with Crippen LogP contribution in [0.2, 0.25) is 10.0 Å². The summed E-state index contributed by atoms with van der Waals surface area (Å²) >= 11 is 12.2. The Kier molecular flexibility index (Phi) is 5.26. The largest absolute Gasteiger partial charge is 0.325 e. The summed E-state index contributed by atoms with van der Waals surface area (Å²) in [5.74, 6) is -0.827. The number of rotatable bonds is 4. The predicted octanol–water partition coefficient (Wildman–Crippen LogP) is 4.57. The number of nitrogens with one attached hydrogen (secondary N) is 1. The van der Waals surface area contributed by atoms with E-state index in [0.717, 1.165) is 21.6 Å². The van der Waals surface area contributed by atoms with Crippen molar-refractivity contribution in [2.24, 2.45) is 0 Å². The van der Waals surface area contributed by atoms with Crippen LogP contribution in [-0.2, 0) is 10.3 Å². The van der Waals surface area contributed by atoms with E-state index in [0.29, 0.717) is 16.1 Å². The number of imide groups is 1. The van der Waals surface area contributed by atoms with E-state index in [1.54, 1.807) is 25.1 Å². The zero-order chi connectivity index (χ0) is 20.8. The van der Waals surface area contributed by atoms with Crippen LogP contribution in [0.25, 0.3) is 0 Å². The molecule has 0 radical (unpaired) electrons. The van der Waals surface area contributed by atoms with Crippen LogP contribution < -0.4 is 5.32 Å². The van der Waals surface area contributed by atoms with Crippen LogP contribution in [0.4, 0.5) is 4.79 Å². The van der Waals surface area contributed by atoms with Gasteiger partial charge in [0.1, 0.15) is 5.54 Å². The Morgan fingerprint density at radius 2 is 1.68 bits per heavy atom. The number of ketones is 1. The van der Waals surface area contributed by atoms with Crippen LogP contribution >= 0.6 is 23.2 Å². The van der Waals surface area contributed by atoms with Crippen LogP contribution in [0.15, 0.2) is 30.3 Å². The van der Waals surface area contributed by atoms with E-state index in [1.807, 2.05) is 26.8 Å². The van der Waals surface area contributed by atoms with Crippen molar-refractivity contribution < 1.29 is 14.4 Å². The number of hydrogen-bond donors (Lipinski definition) is 1. The van der Waals surface area contributed by atoms with Gasteiger partial charge in [-0.3, -0.25) is 14.5 Å². The van der Waals surface area contributed by atoms with Gasteiger partial charge in [-0.2, -0.15) is 0 Å². The molecule has 3 amide bonds. The number of aryl methyl sites for hydroxylation is 3. The number of amides is 3. The van der Waals surface area contributed by atoms with E-state index in [-0.39, 0.29) is 17.4 Å². The Balaban J connectivity index is 1.90. The van der Waals surface area contributed by atoms with E-state index >= 15 is 0 Å². The summed E-state index contributed by atoms with van der Waals surface area (Å²) in [6, 6.07) is 7.79. The average Bonchev–Trinajstić information content (AvgIpc) is 2.81. The number of benzene rings is 2. The summed E-state index contributed by atoms with van der Waals surface area (Å²) < 4.78 is 0. The maximum atomic E-state index is 13.0. The smallest absolute Gasteiger partial charge is 0.319 e. The molecule has 2 aromatic rings. The van der Waals surface area contributed by atoms with Crippen LogP contribution in [-0.4, -0.2) is 29.2 Å². The van der Waals surface area contributed by atoms with Gasteiger partial charge in [0.2, 0.25) is 0 Å². The molecule has 1 heterocycles. The van der Waals surface area contributed by atoms with Gasteiger partial charge in [0.05, 0.1) is 6.54 Å². The van der Waals surface area contributed by atoms with Gasteiger partial charge in [0.15, 0.2) is 5.78 Å². The molecule has 0 unspecified atom stereocenters. The maximum Gasteiger partial charge on any atom is 0.325 e. The van der Waals surface area contributed by atoms with Gasteiger partial charge in [-0.15, -0.1) is 0 Å². The monoisotopic (exact) mass is 418 g/mol. The lowest BCUT2D eigenvalue weighted by molar-refractivity contribution is -0.130. The van der Waals surface area contributed by atoms with Crippen molar-refractivity contribution in [3.8, 4) is 0 Å². The molecular formula is C21H20Cl2N2O3. The summed E-state index contributed by atoms with van der Waals surface area (Å²) in [6.45, 7) is 6.94. The van der Waals surface area contributed by atoms with E-state index in [1.165, 1.54) is 6.07 Å². The second kappa shape index (κ2) is 7.22. The Morgan fingerprint density at radius 1 is 1.04 bits per heavy atom. The zero-order valence-corrected chi connectivity index (χ0v) is 17.5. The predicted molar refractivity (Wildman–Crippen MR) is 109 cm³/mol. The van der Waals surface area contributed by atoms with Crippen LogP contribution in [0.3, 0.4) is 0 Å². The first-order chi connectivity index (χ1) is 13.0. The van der Waals surface area contributed by atoms with Crippen LogP contribution in [0.1, 0.15) is 39.5 Å². The van der Waals surface area contributed by atoms with Gasteiger partial charge >= 0.3 is 6.03 Å². The fourth-order valence-electron chi connectivity index (χ4n) is 3.41. The Hall–Kier alpha value is -2.37. The van der Waals surface area contributed by atoms with Gasteiger partial charge in [-0.05, 0) is 62.6 Å². The lowest BCUT2D eigenvalue weighted by Gasteiger charge is -2.23. The third-order valence-electron chi connectivity index (χ3n) is 5.19. The highest BCUT2D eigenvalue weighted by Gasteiger charge is 2.50. The first-order valence-electron chi connectivity index (χ1n) is 8.75. The summed E-state index contributed by atoms with van der Waals surface area (Å²) in [4.78, 5) is 39.3. The molecule has 28 heavy (non-hydrogen) atoms. The third kappa shape index (κ3) is 3.40. The molecule has 0 aromatic heterocycles. The van der Waals surface area contributed by atoms with Crippen molar-refractivity contribution in [2.75, 3.05) is 6.54 Å². The standard InChI is InChI=1S/C21H20Cl2N2O3/c1-11-7-13(3)15(8-12(11)2)18(26)10-25-19(27)21(4,24-20(25)28)16-6-5-14(22)9-17(16)23/h5-9H,10H2,1-4H3,(H,24,28)/t21-/m1/s1. The molecule has 0 aliphatic carbocycles. The molecule has 1 atom stereocenters. The van der Waals surface area contributed by atoms with Gasteiger partial charge in [-0.25, -0.2) is 4.79 Å². The highest BCUT2D eigenvalue weighted by molar-refractivity contribution is 6.35. The average molecular weight is 419 g/mol. The minimum absolute atomic E-state index is 0.266. The first-order valence-corrected chi connectivity index (χ1v) is 9.51. The van der Waals surface area contributed by atoms with Gasteiger partial charge in [0, 0.05) is 21.2 Å². The van der Waals surface area contributed by atoms with Crippen molar-refractivity contribution in [3.05, 3.63) is 68.2 Å². The molecule has 1 saturated heterocycles. The maximum absolute atomic E-state index is 13.0. The van der Waals surface area contributed by atoms with Crippen LogP contribution in [0.5, 0.6) is 0 Å². The number of carbonyl (C=O) groups is 3. The van der Waals surface area contributed by atoms with Gasteiger partial charge in [-0.1, -0.05) is 35.3 Å². The number of Topliss-reactive ketones (excluding diaryl/α,β-unsaturated/α-hetero) is 1. The molecule has 5 nitrogen and oxygen atoms in total. The summed E-state index contributed by atoms with van der Waals surface area (Å²) in [5, 5.41) is 3.34. The molecule has 2 aromatic carbocycles. The Bertz CT molecular complexity index is 1020. The molecule has 0 spiro atoms. The van der Waals surface area contributed by atoms with Crippen molar-refractivity contribution in [1.82, 2.24) is 10.2 Å². The third-order valence-corrected chi connectivity index (χ3v) is 5.74. The fourth-order valence-corrected chi connectivity index (χ4v) is 4.01. The minimum Gasteiger partial charge on any atom is -0.319 e. The molecule has 146 valence electrons. The van der Waals surface area contributed by atoms with Gasteiger partial charge < -0.3 is 5.32 Å². The van der Waals surface area contributed by atoms with Crippen molar-refractivity contribution in [1.29, 1.82) is 0 Å². The molecule has 1 aliphatic heterocycles. The fraction of sp³-hybridized carbons (Fsp3) is 0.286. The van der Waals surface area contributed by atoms with Crippen molar-refractivity contribution in [3.63, 3.8) is 0 Å². The Morgan fingerprint density at radius 3 is 2.32 bits per heavy atom.